The first kappa shape index (κ1) is 7.73. The minimum Gasteiger partial charge on any atom is -0.339 e. The Kier molecular flexibility index (Phi) is 2.08. The smallest absolute Gasteiger partial charge is 0.226 e. The highest BCUT2D eigenvalue weighted by molar-refractivity contribution is 4.96. The summed E-state index contributed by atoms with van der Waals surface area (Å²) in [5.41, 5.74) is 0. The van der Waals surface area contributed by atoms with E-state index >= 15 is 0 Å². The summed E-state index contributed by atoms with van der Waals surface area (Å²) in [6.07, 6.45) is 3.16. The van der Waals surface area contributed by atoms with E-state index in [-0.39, 0.29) is 0 Å². The van der Waals surface area contributed by atoms with Gasteiger partial charge in [-0.25, -0.2) is 0 Å². The largest absolute Gasteiger partial charge is 0.339 e. The van der Waals surface area contributed by atoms with Gasteiger partial charge in [-0.1, -0.05) is 12.1 Å². The summed E-state index contributed by atoms with van der Waals surface area (Å²) < 4.78 is 5.03. The monoisotopic (exact) mass is 167 g/mol. The molecule has 12 heavy (non-hydrogen) atoms. The van der Waals surface area contributed by atoms with Crippen LogP contribution in [0.25, 0.3) is 0 Å². The Morgan fingerprint density at radius 2 is 2.58 bits per heavy atom. The molecule has 0 spiro atoms. The maximum atomic E-state index is 5.03. The molecular weight excluding hydrogens is 154 g/mol. The van der Waals surface area contributed by atoms with Crippen molar-refractivity contribution in [2.24, 2.45) is 0 Å². The van der Waals surface area contributed by atoms with Gasteiger partial charge in [-0.15, -0.1) is 0 Å². The molecule has 1 aromatic rings. The van der Waals surface area contributed by atoms with Gasteiger partial charge in [0, 0.05) is 6.42 Å². The van der Waals surface area contributed by atoms with E-state index in [1.54, 1.807) is 0 Å². The fourth-order valence-electron chi connectivity index (χ4n) is 1.46. The number of aromatic nitrogens is 2. The average Bonchev–Trinajstić information content (AvgIpc) is 2.75. The number of nitrogens with one attached hydrogen (secondary N) is 1. The second-order valence-electron chi connectivity index (χ2n) is 3.05. The second kappa shape index (κ2) is 3.23. The van der Waals surface area contributed by atoms with Crippen molar-refractivity contribution in [2.75, 3.05) is 6.54 Å². The lowest BCUT2D eigenvalue weighted by Crippen LogP contribution is -2.14. The van der Waals surface area contributed by atoms with Crippen LogP contribution in [0, 0.1) is 0 Å². The zero-order chi connectivity index (χ0) is 8.39. The average molecular weight is 167 g/mol. The lowest BCUT2D eigenvalue weighted by molar-refractivity contribution is 0.371. The van der Waals surface area contributed by atoms with Crippen LogP contribution >= 0.6 is 0 Å². The van der Waals surface area contributed by atoms with Gasteiger partial charge < -0.3 is 9.84 Å². The maximum Gasteiger partial charge on any atom is 0.226 e. The molecule has 0 aliphatic carbocycles. The van der Waals surface area contributed by atoms with E-state index < -0.39 is 0 Å². The molecule has 2 heterocycles. The molecule has 4 nitrogen and oxygen atoms in total. The van der Waals surface area contributed by atoms with E-state index in [1.165, 1.54) is 6.42 Å². The van der Waals surface area contributed by atoms with Gasteiger partial charge in [-0.2, -0.15) is 4.98 Å². The van der Waals surface area contributed by atoms with Crippen LogP contribution < -0.4 is 5.32 Å². The molecule has 0 radical (unpaired) electrons. The summed E-state index contributed by atoms with van der Waals surface area (Å²) in [6.45, 7) is 3.08. The number of aryl methyl sites for hydroxylation is 1. The first-order valence-corrected chi connectivity index (χ1v) is 4.46. The van der Waals surface area contributed by atoms with Gasteiger partial charge in [-0.3, -0.25) is 0 Å². The van der Waals surface area contributed by atoms with Gasteiger partial charge in [-0.05, 0) is 19.4 Å². The molecule has 1 atom stereocenters. The van der Waals surface area contributed by atoms with E-state index in [0.717, 1.165) is 31.1 Å². The van der Waals surface area contributed by atoms with Crippen molar-refractivity contribution >= 4 is 0 Å². The van der Waals surface area contributed by atoms with Crippen molar-refractivity contribution in [3.05, 3.63) is 11.7 Å². The molecule has 0 aromatic carbocycles. The summed E-state index contributed by atoms with van der Waals surface area (Å²) >= 11 is 0. The Morgan fingerprint density at radius 1 is 1.67 bits per heavy atom. The molecule has 1 fully saturated rings. The Balaban J connectivity index is 2.11. The van der Waals surface area contributed by atoms with Crippen molar-refractivity contribution in [3.63, 3.8) is 0 Å². The van der Waals surface area contributed by atoms with Crippen LogP contribution in [0.3, 0.4) is 0 Å². The van der Waals surface area contributed by atoms with Crippen LogP contribution in [0.1, 0.15) is 37.5 Å². The quantitative estimate of drug-likeness (QED) is 0.715. The van der Waals surface area contributed by atoms with Crippen molar-refractivity contribution in [1.82, 2.24) is 15.5 Å². The van der Waals surface area contributed by atoms with E-state index in [2.05, 4.69) is 15.5 Å². The maximum absolute atomic E-state index is 5.03. The molecule has 1 saturated heterocycles. The lowest BCUT2D eigenvalue weighted by atomic mass is 10.2. The van der Waals surface area contributed by atoms with Gasteiger partial charge in [0.05, 0.1) is 6.04 Å². The molecule has 0 amide bonds. The zero-order valence-electron chi connectivity index (χ0n) is 7.21. The molecule has 2 rings (SSSR count). The summed E-state index contributed by atoms with van der Waals surface area (Å²) in [4.78, 5) is 4.27. The van der Waals surface area contributed by atoms with Crippen molar-refractivity contribution in [3.8, 4) is 0 Å². The van der Waals surface area contributed by atoms with E-state index in [9.17, 15) is 0 Å². The van der Waals surface area contributed by atoms with Crippen LogP contribution in [-0.2, 0) is 6.42 Å². The fourth-order valence-corrected chi connectivity index (χ4v) is 1.46. The summed E-state index contributed by atoms with van der Waals surface area (Å²) in [5, 5.41) is 7.25. The lowest BCUT2D eigenvalue weighted by Gasteiger charge is -2.01. The molecule has 4 heteroatoms. The van der Waals surface area contributed by atoms with Gasteiger partial charge >= 0.3 is 0 Å². The second-order valence-corrected chi connectivity index (χ2v) is 3.05. The summed E-state index contributed by atoms with van der Waals surface area (Å²) in [6, 6.07) is 0.328. The third kappa shape index (κ3) is 1.34. The first-order chi connectivity index (χ1) is 5.90. The molecule has 66 valence electrons. The standard InChI is InChI=1S/C8H13N3O/c1-2-7-10-8(11-12-7)6-4-3-5-9-6/h6,9H,2-5H2,1H3. The predicted octanol–water partition coefficient (Wildman–Crippen LogP) is 1.06. The Labute approximate surface area is 71.4 Å². The fraction of sp³-hybridized carbons (Fsp3) is 0.750. The molecule has 0 saturated carbocycles. The Hall–Kier alpha value is -0.900. The molecule has 0 bridgehead atoms. The third-order valence-electron chi connectivity index (χ3n) is 2.16. The van der Waals surface area contributed by atoms with E-state index in [4.69, 9.17) is 4.52 Å². The van der Waals surface area contributed by atoms with Gasteiger partial charge in [0.1, 0.15) is 0 Å². The van der Waals surface area contributed by atoms with Crippen molar-refractivity contribution in [2.45, 2.75) is 32.2 Å². The van der Waals surface area contributed by atoms with Crippen LogP contribution in [0.2, 0.25) is 0 Å². The molecule has 1 unspecified atom stereocenters. The zero-order valence-corrected chi connectivity index (χ0v) is 7.21. The highest BCUT2D eigenvalue weighted by Crippen LogP contribution is 2.19. The van der Waals surface area contributed by atoms with Gasteiger partial charge in [0.2, 0.25) is 5.89 Å². The molecule has 1 aromatic heterocycles. The normalized spacial score (nSPS) is 23.2. The van der Waals surface area contributed by atoms with Gasteiger partial charge in [0.25, 0.3) is 0 Å². The van der Waals surface area contributed by atoms with Crippen molar-refractivity contribution in [1.29, 1.82) is 0 Å². The van der Waals surface area contributed by atoms with E-state index in [0.29, 0.717) is 6.04 Å². The Bertz CT molecular complexity index is 253. The number of rotatable bonds is 2. The third-order valence-corrected chi connectivity index (χ3v) is 2.16. The number of nitrogens with zero attached hydrogens (tertiary/aromatic N) is 2. The molecule has 1 aliphatic heterocycles. The van der Waals surface area contributed by atoms with Gasteiger partial charge in [0.15, 0.2) is 5.82 Å². The summed E-state index contributed by atoms with van der Waals surface area (Å²) in [5.74, 6) is 1.56. The topological polar surface area (TPSA) is 51.0 Å². The Morgan fingerprint density at radius 3 is 3.17 bits per heavy atom. The van der Waals surface area contributed by atoms with Crippen LogP contribution in [0.15, 0.2) is 4.52 Å². The molecule has 1 N–H and O–H groups in total. The highest BCUT2D eigenvalue weighted by Gasteiger charge is 2.20. The number of hydrogen-bond acceptors (Lipinski definition) is 4. The predicted molar refractivity (Wildman–Crippen MR) is 43.7 cm³/mol. The van der Waals surface area contributed by atoms with Crippen LogP contribution in [0.4, 0.5) is 0 Å². The van der Waals surface area contributed by atoms with Crippen LogP contribution in [-0.4, -0.2) is 16.7 Å². The minimum absolute atomic E-state index is 0.328. The van der Waals surface area contributed by atoms with Crippen molar-refractivity contribution < 1.29 is 4.52 Å². The minimum atomic E-state index is 0.328. The van der Waals surface area contributed by atoms with E-state index in [1.807, 2.05) is 6.92 Å². The SMILES string of the molecule is CCc1nc(C2CCCN2)no1. The summed E-state index contributed by atoms with van der Waals surface area (Å²) in [7, 11) is 0. The molecular formula is C8H13N3O. The highest BCUT2D eigenvalue weighted by atomic mass is 16.5. The van der Waals surface area contributed by atoms with Crippen LogP contribution in [0.5, 0.6) is 0 Å². The first-order valence-electron chi connectivity index (χ1n) is 4.46. The molecule has 1 aliphatic rings. The number of hydrogen-bond donors (Lipinski definition) is 1.